The van der Waals surface area contributed by atoms with Gasteiger partial charge in [-0.15, -0.1) is 0 Å². The molecule has 106 valence electrons. The highest BCUT2D eigenvalue weighted by molar-refractivity contribution is 5.29. The Kier molecular flexibility index (Phi) is 4.08. The second-order valence-electron chi connectivity index (χ2n) is 6.38. The number of hydrogen-bond donors (Lipinski definition) is 0. The van der Waals surface area contributed by atoms with Crippen LogP contribution in [0.25, 0.3) is 0 Å². The molecule has 2 aliphatic rings. The van der Waals surface area contributed by atoms with Gasteiger partial charge >= 0.3 is 0 Å². The molecule has 0 saturated heterocycles. The van der Waals surface area contributed by atoms with Gasteiger partial charge in [0.15, 0.2) is 0 Å². The lowest BCUT2D eigenvalue weighted by atomic mass is 9.76. The van der Waals surface area contributed by atoms with E-state index in [1.165, 1.54) is 30.4 Å². The zero-order valence-electron chi connectivity index (χ0n) is 12.4. The van der Waals surface area contributed by atoms with E-state index in [4.69, 9.17) is 0 Å². The molecule has 2 nitrogen and oxygen atoms in total. The van der Waals surface area contributed by atoms with E-state index in [0.717, 1.165) is 31.8 Å². The van der Waals surface area contributed by atoms with Crippen molar-refractivity contribution < 1.29 is 0 Å². The van der Waals surface area contributed by atoms with Crippen LogP contribution in [0.4, 0.5) is 0 Å². The normalized spacial score (nSPS) is 30.5. The van der Waals surface area contributed by atoms with Gasteiger partial charge in [0.1, 0.15) is 0 Å². The molecule has 0 radical (unpaired) electrons. The third-order valence-corrected chi connectivity index (χ3v) is 5.30. The molecule has 1 aliphatic carbocycles. The summed E-state index contributed by atoms with van der Waals surface area (Å²) in [6, 6.07) is 11.8. The summed E-state index contributed by atoms with van der Waals surface area (Å²) in [5, 5.41) is 9.47. The minimum Gasteiger partial charge on any atom is -0.294 e. The van der Waals surface area contributed by atoms with Gasteiger partial charge in [0.05, 0.1) is 12.0 Å². The van der Waals surface area contributed by atoms with Gasteiger partial charge in [0, 0.05) is 19.1 Å². The molecule has 0 bridgehead atoms. The van der Waals surface area contributed by atoms with Gasteiger partial charge in [-0.05, 0) is 42.7 Å². The Hall–Kier alpha value is -1.33. The maximum absolute atomic E-state index is 9.47. The first kappa shape index (κ1) is 13.6. The molecule has 2 heteroatoms. The van der Waals surface area contributed by atoms with Gasteiger partial charge in [-0.1, -0.05) is 37.6 Å². The molecular formula is C18H24N2. The van der Waals surface area contributed by atoms with Gasteiger partial charge in [-0.25, -0.2) is 0 Å². The second kappa shape index (κ2) is 5.97. The first-order chi connectivity index (χ1) is 9.81. The van der Waals surface area contributed by atoms with Crippen LogP contribution >= 0.6 is 0 Å². The van der Waals surface area contributed by atoms with Gasteiger partial charge in [0.2, 0.25) is 0 Å². The van der Waals surface area contributed by atoms with E-state index >= 15 is 0 Å². The number of hydrogen-bond acceptors (Lipinski definition) is 2. The minimum atomic E-state index is 0.239. The lowest BCUT2D eigenvalue weighted by molar-refractivity contribution is 0.0880. The average molecular weight is 268 g/mol. The second-order valence-corrected chi connectivity index (χ2v) is 6.38. The molecule has 3 unspecified atom stereocenters. The van der Waals surface area contributed by atoms with E-state index in [2.05, 4.69) is 42.2 Å². The highest BCUT2D eigenvalue weighted by atomic mass is 15.2. The first-order valence-corrected chi connectivity index (χ1v) is 8.02. The molecule has 0 N–H and O–H groups in total. The Morgan fingerprint density at radius 3 is 2.80 bits per heavy atom. The van der Waals surface area contributed by atoms with Crippen molar-refractivity contribution in [2.75, 3.05) is 6.54 Å². The fourth-order valence-electron chi connectivity index (χ4n) is 3.96. The quantitative estimate of drug-likeness (QED) is 0.816. The number of fused-ring (bicyclic) bond motifs is 1. The predicted octanol–water partition coefficient (Wildman–Crippen LogP) is 3.76. The van der Waals surface area contributed by atoms with Crippen LogP contribution in [0.1, 0.15) is 43.7 Å². The van der Waals surface area contributed by atoms with Crippen molar-refractivity contribution in [1.82, 2.24) is 4.90 Å². The minimum absolute atomic E-state index is 0.239. The predicted molar refractivity (Wildman–Crippen MR) is 81.1 cm³/mol. The summed E-state index contributed by atoms with van der Waals surface area (Å²) in [6.07, 6.45) is 5.96. The molecule has 1 aromatic rings. The lowest BCUT2D eigenvalue weighted by Gasteiger charge is -2.42. The third-order valence-electron chi connectivity index (χ3n) is 5.30. The van der Waals surface area contributed by atoms with Gasteiger partial charge in [-0.2, -0.15) is 5.26 Å². The van der Waals surface area contributed by atoms with Crippen molar-refractivity contribution in [2.45, 2.75) is 51.6 Å². The Bertz CT molecular complexity index is 502. The summed E-state index contributed by atoms with van der Waals surface area (Å²) >= 11 is 0. The molecule has 1 fully saturated rings. The summed E-state index contributed by atoms with van der Waals surface area (Å²) in [5.41, 5.74) is 2.97. The van der Waals surface area contributed by atoms with E-state index in [1.54, 1.807) is 0 Å². The Balaban J connectivity index is 1.76. The van der Waals surface area contributed by atoms with Crippen LogP contribution in [0.15, 0.2) is 24.3 Å². The summed E-state index contributed by atoms with van der Waals surface area (Å²) in [4.78, 5) is 2.58. The van der Waals surface area contributed by atoms with Crippen LogP contribution < -0.4 is 0 Å². The molecule has 1 aromatic carbocycles. The van der Waals surface area contributed by atoms with Crippen LogP contribution in [0.5, 0.6) is 0 Å². The maximum Gasteiger partial charge on any atom is 0.0672 e. The Morgan fingerprint density at radius 2 is 2.05 bits per heavy atom. The van der Waals surface area contributed by atoms with Crippen LogP contribution in [-0.4, -0.2) is 17.5 Å². The SMILES string of the molecule is CCC1CCC(C#N)C(N2CCc3ccccc3C2)C1. The summed E-state index contributed by atoms with van der Waals surface area (Å²) in [7, 11) is 0. The van der Waals surface area contributed by atoms with Gasteiger partial charge in [0.25, 0.3) is 0 Å². The van der Waals surface area contributed by atoms with Crippen molar-refractivity contribution in [1.29, 1.82) is 5.26 Å². The van der Waals surface area contributed by atoms with Gasteiger partial charge in [-0.3, -0.25) is 4.90 Å². The molecule has 1 heterocycles. The van der Waals surface area contributed by atoms with Gasteiger partial charge < -0.3 is 0 Å². The van der Waals surface area contributed by atoms with E-state index in [1.807, 2.05) is 0 Å². The molecular weight excluding hydrogens is 244 g/mol. The zero-order valence-corrected chi connectivity index (χ0v) is 12.4. The largest absolute Gasteiger partial charge is 0.294 e. The number of nitrogens with zero attached hydrogens (tertiary/aromatic N) is 2. The first-order valence-electron chi connectivity index (χ1n) is 8.02. The molecule has 0 amide bonds. The number of benzene rings is 1. The van der Waals surface area contributed by atoms with Crippen LogP contribution in [-0.2, 0) is 13.0 Å². The topological polar surface area (TPSA) is 27.0 Å². The summed E-state index contributed by atoms with van der Waals surface area (Å²) < 4.78 is 0. The standard InChI is InChI=1S/C18H24N2/c1-2-14-7-8-16(12-19)18(11-14)20-10-9-15-5-3-4-6-17(15)13-20/h3-6,14,16,18H,2,7-11,13H2,1H3. The van der Waals surface area contributed by atoms with Crippen LogP contribution in [0, 0.1) is 23.2 Å². The van der Waals surface area contributed by atoms with E-state index in [0.29, 0.717) is 6.04 Å². The highest BCUT2D eigenvalue weighted by Gasteiger charge is 2.35. The maximum atomic E-state index is 9.47. The molecule has 1 saturated carbocycles. The Morgan fingerprint density at radius 1 is 1.25 bits per heavy atom. The molecule has 20 heavy (non-hydrogen) atoms. The fraction of sp³-hybridized carbons (Fsp3) is 0.611. The zero-order chi connectivity index (χ0) is 13.9. The molecule has 3 rings (SSSR count). The van der Waals surface area contributed by atoms with Crippen LogP contribution in [0.2, 0.25) is 0 Å². The highest BCUT2D eigenvalue weighted by Crippen LogP contribution is 2.35. The summed E-state index contributed by atoms with van der Waals surface area (Å²) in [6.45, 7) is 4.45. The third kappa shape index (κ3) is 2.60. The lowest BCUT2D eigenvalue weighted by Crippen LogP contribution is -2.46. The molecule has 0 spiro atoms. The Labute approximate surface area is 122 Å². The molecule has 3 atom stereocenters. The fourth-order valence-corrected chi connectivity index (χ4v) is 3.96. The number of rotatable bonds is 2. The monoisotopic (exact) mass is 268 g/mol. The van der Waals surface area contributed by atoms with Crippen molar-refractivity contribution in [3.05, 3.63) is 35.4 Å². The van der Waals surface area contributed by atoms with E-state index in [-0.39, 0.29) is 5.92 Å². The number of nitriles is 1. The smallest absolute Gasteiger partial charge is 0.0672 e. The van der Waals surface area contributed by atoms with E-state index < -0.39 is 0 Å². The molecule has 1 aliphatic heterocycles. The summed E-state index contributed by atoms with van der Waals surface area (Å²) in [5.74, 6) is 1.06. The van der Waals surface area contributed by atoms with Crippen LogP contribution in [0.3, 0.4) is 0 Å². The molecule has 0 aromatic heterocycles. The van der Waals surface area contributed by atoms with Crippen molar-refractivity contribution in [2.24, 2.45) is 11.8 Å². The average Bonchev–Trinajstić information content (AvgIpc) is 2.53. The van der Waals surface area contributed by atoms with E-state index in [9.17, 15) is 5.26 Å². The van der Waals surface area contributed by atoms with Crippen molar-refractivity contribution >= 4 is 0 Å². The van der Waals surface area contributed by atoms with Crippen molar-refractivity contribution in [3.8, 4) is 6.07 Å². The van der Waals surface area contributed by atoms with Crippen molar-refractivity contribution in [3.63, 3.8) is 0 Å².